The van der Waals surface area contributed by atoms with E-state index < -0.39 is 5.92 Å². The van der Waals surface area contributed by atoms with E-state index in [1.54, 1.807) is 26.0 Å². The molecule has 3 aromatic carbocycles. The molecular formula is C28H24N4O4. The van der Waals surface area contributed by atoms with Crippen molar-refractivity contribution < 1.29 is 18.9 Å². The summed E-state index contributed by atoms with van der Waals surface area (Å²) in [5.74, 6) is 1.24. The fourth-order valence-electron chi connectivity index (χ4n) is 4.49. The van der Waals surface area contributed by atoms with Crippen LogP contribution in [0.3, 0.4) is 0 Å². The maximum absolute atomic E-state index is 10.2. The third kappa shape index (κ3) is 3.67. The van der Waals surface area contributed by atoms with E-state index in [0.717, 1.165) is 16.8 Å². The van der Waals surface area contributed by atoms with Crippen molar-refractivity contribution in [1.29, 1.82) is 5.26 Å². The van der Waals surface area contributed by atoms with E-state index in [2.05, 4.69) is 6.07 Å². The number of para-hydroxylation sites is 1. The number of hydrogen-bond donors (Lipinski definition) is 1. The Kier molecular flexibility index (Phi) is 5.97. The number of rotatable bonds is 6. The lowest BCUT2D eigenvalue weighted by atomic mass is 9.82. The van der Waals surface area contributed by atoms with Crippen LogP contribution in [-0.4, -0.2) is 31.1 Å². The SMILES string of the molecule is COc1cc([C@H]2C(C#N)=C(N)Oc3c2c(-c2ccccc2)nn3-c2ccccc2)cc(OC)c1OC. The highest BCUT2D eigenvalue weighted by Gasteiger charge is 2.38. The quantitative estimate of drug-likeness (QED) is 0.423. The largest absolute Gasteiger partial charge is 0.493 e. The second-order valence-corrected chi connectivity index (χ2v) is 8.06. The van der Waals surface area contributed by atoms with Crippen molar-refractivity contribution in [2.45, 2.75) is 5.92 Å². The average molecular weight is 481 g/mol. The Morgan fingerprint density at radius 3 is 2.08 bits per heavy atom. The van der Waals surface area contributed by atoms with Gasteiger partial charge in [-0.15, -0.1) is 0 Å². The number of nitriles is 1. The molecule has 0 saturated heterocycles. The van der Waals surface area contributed by atoms with Gasteiger partial charge in [-0.1, -0.05) is 48.5 Å². The van der Waals surface area contributed by atoms with Crippen molar-refractivity contribution in [3.8, 4) is 46.1 Å². The zero-order valence-corrected chi connectivity index (χ0v) is 20.1. The van der Waals surface area contributed by atoms with E-state index in [9.17, 15) is 5.26 Å². The van der Waals surface area contributed by atoms with Crippen LogP contribution in [0.15, 0.2) is 84.3 Å². The molecule has 8 heteroatoms. The van der Waals surface area contributed by atoms with Gasteiger partial charge in [0.1, 0.15) is 17.3 Å². The summed E-state index contributed by atoms with van der Waals surface area (Å²) >= 11 is 0. The van der Waals surface area contributed by atoms with Crippen molar-refractivity contribution in [3.63, 3.8) is 0 Å². The monoisotopic (exact) mass is 480 g/mol. The molecule has 0 aliphatic carbocycles. The smallest absolute Gasteiger partial charge is 0.229 e. The first-order chi connectivity index (χ1) is 17.6. The molecule has 0 amide bonds. The molecule has 1 aliphatic heterocycles. The summed E-state index contributed by atoms with van der Waals surface area (Å²) in [4.78, 5) is 0. The van der Waals surface area contributed by atoms with E-state index >= 15 is 0 Å². The first-order valence-corrected chi connectivity index (χ1v) is 11.2. The number of methoxy groups -OCH3 is 3. The first kappa shape index (κ1) is 22.9. The summed E-state index contributed by atoms with van der Waals surface area (Å²) < 4.78 is 24.5. The standard InChI is InChI=1S/C28H24N4O4/c1-33-21-14-18(15-22(34-2)26(21)35-3)23-20(16-29)27(30)36-28-24(23)25(17-10-6-4-7-11-17)31-32(28)19-12-8-5-9-13-19/h4-15,23H,30H2,1-3H3/t23-/m0/s1. The number of fused-ring (bicyclic) bond motifs is 1. The second-order valence-electron chi connectivity index (χ2n) is 8.06. The van der Waals surface area contributed by atoms with Crippen LogP contribution in [0, 0.1) is 11.3 Å². The van der Waals surface area contributed by atoms with Crippen LogP contribution in [0.1, 0.15) is 17.0 Å². The topological polar surface area (TPSA) is 105 Å². The number of allylic oxidation sites excluding steroid dienone is 1. The molecule has 2 heterocycles. The number of nitrogens with two attached hydrogens (primary N) is 1. The Bertz CT molecular complexity index is 1460. The molecule has 8 nitrogen and oxygen atoms in total. The number of ether oxygens (including phenoxy) is 4. The molecule has 0 radical (unpaired) electrons. The maximum atomic E-state index is 10.2. The van der Waals surface area contributed by atoms with Crippen molar-refractivity contribution in [2.24, 2.45) is 5.73 Å². The van der Waals surface area contributed by atoms with Crippen LogP contribution in [0.25, 0.3) is 16.9 Å². The van der Waals surface area contributed by atoms with Gasteiger partial charge in [-0.25, -0.2) is 0 Å². The Labute approximate surface area is 208 Å². The average Bonchev–Trinajstić information content (AvgIpc) is 3.31. The van der Waals surface area contributed by atoms with Gasteiger partial charge in [-0.2, -0.15) is 15.0 Å². The Morgan fingerprint density at radius 1 is 0.917 bits per heavy atom. The molecule has 1 atom stereocenters. The summed E-state index contributed by atoms with van der Waals surface area (Å²) in [7, 11) is 4.64. The molecule has 0 saturated carbocycles. The lowest BCUT2D eigenvalue weighted by Gasteiger charge is -2.26. The van der Waals surface area contributed by atoms with Gasteiger partial charge in [0.2, 0.25) is 17.5 Å². The highest BCUT2D eigenvalue weighted by molar-refractivity contribution is 5.73. The van der Waals surface area contributed by atoms with Gasteiger partial charge in [-0.05, 0) is 29.8 Å². The molecular weight excluding hydrogens is 456 g/mol. The molecule has 5 rings (SSSR count). The Hall–Kier alpha value is -4.90. The van der Waals surface area contributed by atoms with Gasteiger partial charge >= 0.3 is 0 Å². The van der Waals surface area contributed by atoms with Crippen LogP contribution in [0.4, 0.5) is 0 Å². The molecule has 0 unspecified atom stereocenters. The van der Waals surface area contributed by atoms with Crippen LogP contribution >= 0.6 is 0 Å². The lowest BCUT2D eigenvalue weighted by Crippen LogP contribution is -2.22. The van der Waals surface area contributed by atoms with Crippen molar-refractivity contribution in [2.75, 3.05) is 21.3 Å². The molecule has 0 bridgehead atoms. The molecule has 180 valence electrons. The third-order valence-electron chi connectivity index (χ3n) is 6.12. The summed E-state index contributed by atoms with van der Waals surface area (Å²) in [6, 6.07) is 25.3. The highest BCUT2D eigenvalue weighted by Crippen LogP contribution is 2.50. The van der Waals surface area contributed by atoms with E-state index in [1.807, 2.05) is 72.8 Å². The number of aromatic nitrogens is 2. The van der Waals surface area contributed by atoms with Gasteiger partial charge in [0.15, 0.2) is 11.5 Å². The van der Waals surface area contributed by atoms with Crippen molar-refractivity contribution in [3.05, 3.63) is 95.4 Å². The number of hydrogen-bond acceptors (Lipinski definition) is 7. The van der Waals surface area contributed by atoms with Gasteiger partial charge in [0.25, 0.3) is 0 Å². The number of nitrogens with zero attached hydrogens (tertiary/aromatic N) is 3. The minimum atomic E-state index is -0.597. The third-order valence-corrected chi connectivity index (χ3v) is 6.12. The van der Waals surface area contributed by atoms with E-state index in [0.29, 0.717) is 34.4 Å². The molecule has 4 aromatic rings. The number of benzene rings is 3. The lowest BCUT2D eigenvalue weighted by molar-refractivity contribution is 0.323. The van der Waals surface area contributed by atoms with E-state index in [4.69, 9.17) is 29.8 Å². The summed E-state index contributed by atoms with van der Waals surface area (Å²) in [5.41, 5.74) is 10.4. The second kappa shape index (κ2) is 9.39. The fraction of sp³-hybridized carbons (Fsp3) is 0.143. The molecule has 0 spiro atoms. The zero-order valence-electron chi connectivity index (χ0n) is 20.1. The zero-order chi connectivity index (χ0) is 25.2. The van der Waals surface area contributed by atoms with Gasteiger partial charge in [-0.3, -0.25) is 0 Å². The highest BCUT2D eigenvalue weighted by atomic mass is 16.5. The van der Waals surface area contributed by atoms with Crippen LogP contribution in [0.5, 0.6) is 23.1 Å². The minimum absolute atomic E-state index is 0.0143. The Balaban J connectivity index is 1.84. The predicted octanol–water partition coefficient (Wildman–Crippen LogP) is 4.78. The van der Waals surface area contributed by atoms with Crippen molar-refractivity contribution in [1.82, 2.24) is 9.78 Å². The first-order valence-electron chi connectivity index (χ1n) is 11.2. The van der Waals surface area contributed by atoms with E-state index in [-0.39, 0.29) is 11.5 Å². The summed E-state index contributed by atoms with van der Waals surface area (Å²) in [6.45, 7) is 0. The predicted molar refractivity (Wildman–Crippen MR) is 134 cm³/mol. The summed E-state index contributed by atoms with van der Waals surface area (Å²) in [5, 5.41) is 15.1. The fourth-order valence-corrected chi connectivity index (χ4v) is 4.49. The van der Waals surface area contributed by atoms with Crippen molar-refractivity contribution >= 4 is 0 Å². The molecule has 1 aromatic heterocycles. The normalized spacial score (nSPS) is 14.4. The van der Waals surface area contributed by atoms with Gasteiger partial charge < -0.3 is 24.7 Å². The van der Waals surface area contributed by atoms with Crippen LogP contribution in [-0.2, 0) is 0 Å². The van der Waals surface area contributed by atoms with Gasteiger partial charge in [0, 0.05) is 5.56 Å². The molecule has 0 fully saturated rings. The maximum Gasteiger partial charge on any atom is 0.229 e. The minimum Gasteiger partial charge on any atom is -0.493 e. The summed E-state index contributed by atoms with van der Waals surface area (Å²) in [6.07, 6.45) is 0. The Morgan fingerprint density at radius 2 is 1.53 bits per heavy atom. The van der Waals surface area contributed by atoms with Gasteiger partial charge in [0.05, 0.1) is 38.5 Å². The molecule has 36 heavy (non-hydrogen) atoms. The molecule has 2 N–H and O–H groups in total. The van der Waals surface area contributed by atoms with Crippen LogP contribution < -0.4 is 24.7 Å². The van der Waals surface area contributed by atoms with Crippen LogP contribution in [0.2, 0.25) is 0 Å². The molecule has 1 aliphatic rings. The van der Waals surface area contributed by atoms with E-state index in [1.165, 1.54) is 0 Å².